The molecule has 3 N–H and O–H groups in total. The number of para-hydroxylation sites is 1. The van der Waals surface area contributed by atoms with Gasteiger partial charge in [0.1, 0.15) is 12.4 Å². The third-order valence-corrected chi connectivity index (χ3v) is 3.24. The lowest BCUT2D eigenvalue weighted by molar-refractivity contribution is -0.134. The highest BCUT2D eigenvalue weighted by molar-refractivity contribution is 5.73. The molecule has 0 radical (unpaired) electrons. The second-order valence-electron chi connectivity index (χ2n) is 5.07. The first kappa shape index (κ1) is 15.5. The quantitative estimate of drug-likeness (QED) is 0.645. The van der Waals surface area contributed by atoms with E-state index in [-0.39, 0.29) is 12.5 Å². The Morgan fingerprint density at radius 2 is 1.62 bits per heavy atom. The summed E-state index contributed by atoms with van der Waals surface area (Å²) in [6, 6.07) is 21.1. The summed E-state index contributed by atoms with van der Waals surface area (Å²) in [6.45, 7) is -0.247. The summed E-state index contributed by atoms with van der Waals surface area (Å²) in [6.07, 6.45) is 0. The first-order valence-electron chi connectivity index (χ1n) is 7.43. The molecule has 2 aromatic carbocycles. The van der Waals surface area contributed by atoms with Crippen LogP contribution in [-0.2, 0) is 4.79 Å². The number of rotatable bonds is 6. The molecule has 1 heterocycles. The highest BCUT2D eigenvalue weighted by Gasteiger charge is 2.08. The van der Waals surface area contributed by atoms with E-state index >= 15 is 0 Å². The maximum absolute atomic E-state index is 10.8. The van der Waals surface area contributed by atoms with Crippen LogP contribution in [0.3, 0.4) is 0 Å². The smallest absolute Gasteiger partial charge is 0.322 e. The molecule has 120 valence electrons. The fourth-order valence-corrected chi connectivity index (χ4v) is 2.17. The van der Waals surface area contributed by atoms with Crippen LogP contribution in [-0.4, -0.2) is 27.6 Å². The number of anilines is 3. The highest BCUT2D eigenvalue weighted by Crippen LogP contribution is 2.23. The number of carboxylic acid groups (broad SMARTS) is 1. The van der Waals surface area contributed by atoms with E-state index < -0.39 is 5.97 Å². The van der Waals surface area contributed by atoms with Crippen LogP contribution in [0.15, 0.2) is 66.7 Å². The van der Waals surface area contributed by atoms with E-state index in [1.807, 2.05) is 66.7 Å². The van der Waals surface area contributed by atoms with Gasteiger partial charge in [-0.05, 0) is 12.1 Å². The van der Waals surface area contributed by atoms with Gasteiger partial charge in [-0.25, -0.2) is 4.98 Å². The molecule has 0 saturated heterocycles. The maximum Gasteiger partial charge on any atom is 0.322 e. The number of hydrogen-bond acceptors (Lipinski definition) is 5. The van der Waals surface area contributed by atoms with Crippen molar-refractivity contribution in [2.24, 2.45) is 0 Å². The minimum absolute atomic E-state index is 0.247. The van der Waals surface area contributed by atoms with E-state index in [0.29, 0.717) is 11.5 Å². The largest absolute Gasteiger partial charge is 0.480 e. The molecule has 1 aromatic heterocycles. The van der Waals surface area contributed by atoms with E-state index in [1.165, 1.54) is 0 Å². The van der Waals surface area contributed by atoms with Crippen LogP contribution in [0.2, 0.25) is 0 Å². The van der Waals surface area contributed by atoms with Crippen molar-refractivity contribution in [1.29, 1.82) is 0 Å². The molecule has 0 aliphatic heterocycles. The number of nitrogens with zero attached hydrogens (tertiary/aromatic N) is 2. The van der Waals surface area contributed by atoms with Crippen molar-refractivity contribution in [3.05, 3.63) is 66.7 Å². The Balaban J connectivity index is 1.94. The van der Waals surface area contributed by atoms with Crippen molar-refractivity contribution < 1.29 is 9.90 Å². The van der Waals surface area contributed by atoms with Gasteiger partial charge in [-0.3, -0.25) is 4.79 Å². The summed E-state index contributed by atoms with van der Waals surface area (Å²) in [7, 11) is 0. The zero-order valence-electron chi connectivity index (χ0n) is 12.8. The summed E-state index contributed by atoms with van der Waals surface area (Å²) < 4.78 is 0. The van der Waals surface area contributed by atoms with Crippen molar-refractivity contribution >= 4 is 23.4 Å². The SMILES string of the molecule is O=C(O)CNc1nc(Nc2ccccc2)cc(-c2ccccc2)n1. The normalized spacial score (nSPS) is 10.2. The number of carboxylic acids is 1. The Kier molecular flexibility index (Phi) is 4.67. The van der Waals surface area contributed by atoms with Crippen molar-refractivity contribution in [3.63, 3.8) is 0 Å². The Bertz CT molecular complexity index is 823. The van der Waals surface area contributed by atoms with E-state index in [9.17, 15) is 4.79 Å². The van der Waals surface area contributed by atoms with Crippen molar-refractivity contribution in [1.82, 2.24) is 9.97 Å². The van der Waals surface area contributed by atoms with Crippen LogP contribution in [0.4, 0.5) is 17.5 Å². The van der Waals surface area contributed by atoms with E-state index in [0.717, 1.165) is 11.3 Å². The van der Waals surface area contributed by atoms with Crippen LogP contribution in [0.5, 0.6) is 0 Å². The molecule has 0 aliphatic rings. The maximum atomic E-state index is 10.8. The lowest BCUT2D eigenvalue weighted by atomic mass is 10.1. The number of benzene rings is 2. The number of nitrogens with one attached hydrogen (secondary N) is 2. The van der Waals surface area contributed by atoms with Crippen LogP contribution >= 0.6 is 0 Å². The van der Waals surface area contributed by atoms with Gasteiger partial charge in [0.05, 0.1) is 5.69 Å². The molecule has 0 fully saturated rings. The Morgan fingerprint density at radius 3 is 2.29 bits per heavy atom. The summed E-state index contributed by atoms with van der Waals surface area (Å²) in [5.41, 5.74) is 2.52. The molecular weight excluding hydrogens is 304 g/mol. The zero-order valence-corrected chi connectivity index (χ0v) is 12.8. The van der Waals surface area contributed by atoms with Gasteiger partial charge in [0, 0.05) is 17.3 Å². The van der Waals surface area contributed by atoms with Crippen molar-refractivity contribution in [3.8, 4) is 11.3 Å². The molecule has 0 saturated carbocycles. The molecule has 3 aromatic rings. The van der Waals surface area contributed by atoms with Gasteiger partial charge in [-0.1, -0.05) is 48.5 Å². The minimum atomic E-state index is -0.971. The lowest BCUT2D eigenvalue weighted by Gasteiger charge is -2.10. The van der Waals surface area contributed by atoms with Crippen molar-refractivity contribution in [2.45, 2.75) is 0 Å². The van der Waals surface area contributed by atoms with Crippen LogP contribution in [0, 0.1) is 0 Å². The minimum Gasteiger partial charge on any atom is -0.480 e. The third kappa shape index (κ3) is 4.07. The molecule has 0 aliphatic carbocycles. The Labute approximate surface area is 139 Å². The third-order valence-electron chi connectivity index (χ3n) is 3.24. The first-order chi connectivity index (χ1) is 11.7. The molecule has 6 nitrogen and oxygen atoms in total. The van der Waals surface area contributed by atoms with Crippen LogP contribution < -0.4 is 10.6 Å². The fraction of sp³-hybridized carbons (Fsp3) is 0.0556. The predicted octanol–water partition coefficient (Wildman–Crippen LogP) is 3.38. The van der Waals surface area contributed by atoms with Gasteiger partial charge in [0.15, 0.2) is 0 Å². The van der Waals surface area contributed by atoms with Gasteiger partial charge >= 0.3 is 5.97 Å². The summed E-state index contributed by atoms with van der Waals surface area (Å²) >= 11 is 0. The summed E-state index contributed by atoms with van der Waals surface area (Å²) in [4.78, 5) is 19.5. The van der Waals surface area contributed by atoms with Crippen LogP contribution in [0.1, 0.15) is 0 Å². The van der Waals surface area contributed by atoms with Crippen molar-refractivity contribution in [2.75, 3.05) is 17.2 Å². The zero-order chi connectivity index (χ0) is 16.8. The van der Waals surface area contributed by atoms with Gasteiger partial charge in [-0.2, -0.15) is 4.98 Å². The first-order valence-corrected chi connectivity index (χ1v) is 7.43. The van der Waals surface area contributed by atoms with E-state index in [1.54, 1.807) is 0 Å². The summed E-state index contributed by atoms with van der Waals surface area (Å²) in [5.74, 6) is -0.124. The standard InChI is InChI=1S/C18H16N4O2/c23-17(24)12-19-18-21-15(13-7-3-1-4-8-13)11-16(22-18)20-14-9-5-2-6-10-14/h1-11H,12H2,(H,23,24)(H2,19,20,21,22). The predicted molar refractivity (Wildman–Crippen MR) is 93.3 cm³/mol. The number of aromatic nitrogens is 2. The monoisotopic (exact) mass is 320 g/mol. The number of carbonyl (C=O) groups is 1. The topological polar surface area (TPSA) is 87.1 Å². The molecule has 24 heavy (non-hydrogen) atoms. The fourth-order valence-electron chi connectivity index (χ4n) is 2.17. The van der Waals surface area contributed by atoms with Gasteiger partial charge in [0.25, 0.3) is 0 Å². The molecule has 0 amide bonds. The number of hydrogen-bond donors (Lipinski definition) is 3. The Hall–Kier alpha value is -3.41. The second-order valence-corrected chi connectivity index (χ2v) is 5.07. The summed E-state index contributed by atoms with van der Waals surface area (Å²) in [5, 5.41) is 14.8. The molecule has 6 heteroatoms. The van der Waals surface area contributed by atoms with Gasteiger partial charge in [0.2, 0.25) is 5.95 Å². The molecular formula is C18H16N4O2. The molecule has 3 rings (SSSR count). The number of aliphatic carboxylic acids is 1. The Morgan fingerprint density at radius 1 is 0.958 bits per heavy atom. The van der Waals surface area contributed by atoms with E-state index in [4.69, 9.17) is 5.11 Å². The molecule has 0 spiro atoms. The second kappa shape index (κ2) is 7.23. The average molecular weight is 320 g/mol. The molecule has 0 bridgehead atoms. The van der Waals surface area contributed by atoms with Gasteiger partial charge in [-0.15, -0.1) is 0 Å². The molecule has 0 unspecified atom stereocenters. The van der Waals surface area contributed by atoms with E-state index in [2.05, 4.69) is 20.6 Å². The van der Waals surface area contributed by atoms with Crippen LogP contribution in [0.25, 0.3) is 11.3 Å². The molecule has 0 atom stereocenters. The average Bonchev–Trinajstić information content (AvgIpc) is 2.61. The highest BCUT2D eigenvalue weighted by atomic mass is 16.4. The van der Waals surface area contributed by atoms with Gasteiger partial charge < -0.3 is 15.7 Å². The lowest BCUT2D eigenvalue weighted by Crippen LogP contribution is -2.15.